The van der Waals surface area contributed by atoms with Gasteiger partial charge in [-0.2, -0.15) is 0 Å². The fourth-order valence-corrected chi connectivity index (χ4v) is 2.33. The summed E-state index contributed by atoms with van der Waals surface area (Å²) in [6, 6.07) is 2.49. The highest BCUT2D eigenvalue weighted by molar-refractivity contribution is 5.89. The van der Waals surface area contributed by atoms with Crippen LogP contribution in [0, 0.1) is 11.6 Å². The Kier molecular flexibility index (Phi) is 5.31. The lowest BCUT2D eigenvalue weighted by Crippen LogP contribution is -2.55. The Bertz CT molecular complexity index is 532. The van der Waals surface area contributed by atoms with Gasteiger partial charge in [0.2, 0.25) is 0 Å². The number of benzene rings is 1. The second kappa shape index (κ2) is 7.02. The number of ether oxygens (including phenoxy) is 1. The predicted molar refractivity (Wildman–Crippen MR) is 79.9 cm³/mol. The van der Waals surface area contributed by atoms with E-state index in [1.165, 1.54) is 6.07 Å². The molecule has 1 aromatic rings. The average molecular weight is 313 g/mol. The number of morpholine rings is 1. The Morgan fingerprint density at radius 1 is 1.32 bits per heavy atom. The third-order valence-corrected chi connectivity index (χ3v) is 3.73. The third-order valence-electron chi connectivity index (χ3n) is 3.73. The van der Waals surface area contributed by atoms with Crippen molar-refractivity contribution in [1.29, 1.82) is 0 Å². The molecule has 1 aromatic carbocycles. The van der Waals surface area contributed by atoms with E-state index in [0.29, 0.717) is 19.8 Å². The summed E-state index contributed by atoms with van der Waals surface area (Å²) in [6.07, 6.45) is 0. The maximum absolute atomic E-state index is 13.5. The number of carbonyl (C=O) groups excluding carboxylic acids is 1. The summed E-state index contributed by atoms with van der Waals surface area (Å²) < 4.78 is 31.6. The van der Waals surface area contributed by atoms with Gasteiger partial charge in [-0.1, -0.05) is 0 Å². The number of urea groups is 1. The summed E-state index contributed by atoms with van der Waals surface area (Å²) in [5.41, 5.74) is -0.286. The normalized spacial score (nSPS) is 16.4. The highest BCUT2D eigenvalue weighted by Crippen LogP contribution is 2.16. The number of hydrogen-bond donors (Lipinski definition) is 2. The van der Waals surface area contributed by atoms with E-state index in [0.717, 1.165) is 25.2 Å². The van der Waals surface area contributed by atoms with E-state index in [9.17, 15) is 13.6 Å². The molecule has 2 rings (SSSR count). The zero-order valence-corrected chi connectivity index (χ0v) is 12.8. The van der Waals surface area contributed by atoms with Crippen LogP contribution >= 0.6 is 0 Å². The van der Waals surface area contributed by atoms with Crippen molar-refractivity contribution in [3.05, 3.63) is 29.8 Å². The number of rotatable bonds is 4. The lowest BCUT2D eigenvalue weighted by molar-refractivity contribution is -0.00863. The van der Waals surface area contributed by atoms with Gasteiger partial charge in [-0.3, -0.25) is 4.90 Å². The molecule has 5 nitrogen and oxygen atoms in total. The molecule has 2 amide bonds. The smallest absolute Gasteiger partial charge is 0.319 e. The molecule has 0 atom stereocenters. The molecule has 1 aliphatic heterocycles. The number of halogens is 2. The molecule has 2 N–H and O–H groups in total. The molecule has 22 heavy (non-hydrogen) atoms. The maximum atomic E-state index is 13.5. The summed E-state index contributed by atoms with van der Waals surface area (Å²) in [5.74, 6) is -1.49. The van der Waals surface area contributed by atoms with E-state index in [4.69, 9.17) is 4.74 Å². The van der Waals surface area contributed by atoms with Crippen molar-refractivity contribution in [2.24, 2.45) is 0 Å². The zero-order chi connectivity index (χ0) is 16.2. The molecule has 0 bridgehead atoms. The molecular formula is C15H21F2N3O2. The van der Waals surface area contributed by atoms with Crippen LogP contribution in [0.3, 0.4) is 0 Å². The van der Waals surface area contributed by atoms with Crippen LogP contribution in [-0.4, -0.2) is 49.3 Å². The van der Waals surface area contributed by atoms with Crippen LogP contribution in [0.1, 0.15) is 13.8 Å². The molecular weight excluding hydrogens is 292 g/mol. The predicted octanol–water partition coefficient (Wildman–Crippen LogP) is 2.20. The Morgan fingerprint density at radius 2 is 2.00 bits per heavy atom. The van der Waals surface area contributed by atoms with Crippen molar-refractivity contribution >= 4 is 11.7 Å². The number of amides is 2. The van der Waals surface area contributed by atoms with Gasteiger partial charge in [0.15, 0.2) is 0 Å². The standard InChI is InChI=1S/C15H21F2N3O2/c1-15(2,20-5-7-22-8-6-20)10-18-14(21)19-13-4-3-11(16)9-12(13)17/h3-4,9H,5-8,10H2,1-2H3,(H2,18,19,21). The minimum absolute atomic E-state index is 0.0527. The zero-order valence-electron chi connectivity index (χ0n) is 12.8. The van der Waals surface area contributed by atoms with Crippen molar-refractivity contribution < 1.29 is 18.3 Å². The summed E-state index contributed by atoms with van der Waals surface area (Å²) in [4.78, 5) is 14.1. The molecule has 1 heterocycles. The summed E-state index contributed by atoms with van der Waals surface area (Å²) in [6.45, 7) is 7.43. The van der Waals surface area contributed by atoms with Crippen LogP contribution in [0.15, 0.2) is 18.2 Å². The van der Waals surface area contributed by atoms with Gasteiger partial charge in [-0.25, -0.2) is 13.6 Å². The van der Waals surface area contributed by atoms with Crippen LogP contribution in [0.25, 0.3) is 0 Å². The second-order valence-electron chi connectivity index (χ2n) is 5.84. The first-order valence-corrected chi connectivity index (χ1v) is 7.21. The minimum atomic E-state index is -0.803. The van der Waals surface area contributed by atoms with E-state index in [2.05, 4.69) is 15.5 Å². The lowest BCUT2D eigenvalue weighted by Gasteiger charge is -2.40. The number of hydrogen-bond acceptors (Lipinski definition) is 3. The molecule has 0 radical (unpaired) electrons. The van der Waals surface area contributed by atoms with Crippen LogP contribution in [0.2, 0.25) is 0 Å². The van der Waals surface area contributed by atoms with Gasteiger partial charge >= 0.3 is 6.03 Å². The SMILES string of the molecule is CC(C)(CNC(=O)Nc1ccc(F)cc1F)N1CCOCC1. The largest absolute Gasteiger partial charge is 0.379 e. The number of nitrogens with one attached hydrogen (secondary N) is 2. The molecule has 0 aromatic heterocycles. The Balaban J connectivity index is 1.86. The first-order chi connectivity index (χ1) is 10.4. The van der Waals surface area contributed by atoms with Crippen molar-refractivity contribution in [2.75, 3.05) is 38.2 Å². The van der Waals surface area contributed by atoms with E-state index in [1.807, 2.05) is 13.8 Å². The quantitative estimate of drug-likeness (QED) is 0.896. The Morgan fingerprint density at radius 3 is 2.64 bits per heavy atom. The van der Waals surface area contributed by atoms with E-state index < -0.39 is 17.7 Å². The van der Waals surface area contributed by atoms with Crippen LogP contribution in [0.4, 0.5) is 19.3 Å². The number of anilines is 1. The van der Waals surface area contributed by atoms with Gasteiger partial charge < -0.3 is 15.4 Å². The maximum Gasteiger partial charge on any atom is 0.319 e. The van der Waals surface area contributed by atoms with Crippen molar-refractivity contribution in [2.45, 2.75) is 19.4 Å². The first-order valence-electron chi connectivity index (χ1n) is 7.21. The Labute approximate surface area is 128 Å². The topological polar surface area (TPSA) is 53.6 Å². The van der Waals surface area contributed by atoms with Gasteiger partial charge in [0.05, 0.1) is 18.9 Å². The van der Waals surface area contributed by atoms with Crippen molar-refractivity contribution in [3.8, 4) is 0 Å². The fraction of sp³-hybridized carbons (Fsp3) is 0.533. The van der Waals surface area contributed by atoms with Crippen molar-refractivity contribution in [3.63, 3.8) is 0 Å². The molecule has 0 saturated carbocycles. The lowest BCUT2D eigenvalue weighted by atomic mass is 10.0. The molecule has 7 heteroatoms. The van der Waals surface area contributed by atoms with Crippen LogP contribution < -0.4 is 10.6 Å². The number of carbonyl (C=O) groups is 1. The van der Waals surface area contributed by atoms with Gasteiger partial charge in [0, 0.05) is 31.2 Å². The molecule has 0 spiro atoms. The average Bonchev–Trinajstić information content (AvgIpc) is 2.49. The van der Waals surface area contributed by atoms with E-state index in [-0.39, 0.29) is 11.2 Å². The third kappa shape index (κ3) is 4.38. The molecule has 122 valence electrons. The molecule has 0 unspecified atom stereocenters. The van der Waals surface area contributed by atoms with E-state index in [1.54, 1.807) is 0 Å². The van der Waals surface area contributed by atoms with Gasteiger partial charge in [-0.15, -0.1) is 0 Å². The summed E-state index contributed by atoms with van der Waals surface area (Å²) in [7, 11) is 0. The minimum Gasteiger partial charge on any atom is -0.379 e. The van der Waals surface area contributed by atoms with Crippen LogP contribution in [0.5, 0.6) is 0 Å². The molecule has 1 fully saturated rings. The monoisotopic (exact) mass is 313 g/mol. The summed E-state index contributed by atoms with van der Waals surface area (Å²) in [5, 5.41) is 5.10. The van der Waals surface area contributed by atoms with E-state index >= 15 is 0 Å². The van der Waals surface area contributed by atoms with Crippen molar-refractivity contribution in [1.82, 2.24) is 10.2 Å². The van der Waals surface area contributed by atoms with Gasteiger partial charge in [-0.05, 0) is 26.0 Å². The van der Waals surface area contributed by atoms with Gasteiger partial charge in [0.1, 0.15) is 11.6 Å². The first kappa shape index (κ1) is 16.6. The molecule has 1 aliphatic rings. The van der Waals surface area contributed by atoms with Gasteiger partial charge in [0.25, 0.3) is 0 Å². The molecule has 1 saturated heterocycles. The highest BCUT2D eigenvalue weighted by Gasteiger charge is 2.28. The second-order valence-corrected chi connectivity index (χ2v) is 5.84. The number of nitrogens with zero attached hydrogens (tertiary/aromatic N) is 1. The highest BCUT2D eigenvalue weighted by atomic mass is 19.1. The Hall–Kier alpha value is -1.73. The molecule has 0 aliphatic carbocycles. The van der Waals surface area contributed by atoms with Crippen LogP contribution in [-0.2, 0) is 4.74 Å². The summed E-state index contributed by atoms with van der Waals surface area (Å²) >= 11 is 0. The fourth-order valence-electron chi connectivity index (χ4n) is 2.33.